The van der Waals surface area contributed by atoms with Crippen LogP contribution in [0.15, 0.2) is 30.6 Å². The first-order chi connectivity index (χ1) is 8.74. The maximum absolute atomic E-state index is 8.97. The molecule has 1 aromatic carbocycles. The van der Waals surface area contributed by atoms with Crippen LogP contribution in [0.2, 0.25) is 5.15 Å². The highest BCUT2D eigenvalue weighted by molar-refractivity contribution is 6.29. The van der Waals surface area contributed by atoms with Crippen LogP contribution < -0.4 is 4.74 Å². The molecule has 0 radical (unpaired) electrons. The van der Waals surface area contributed by atoms with Gasteiger partial charge in [0.05, 0.1) is 17.9 Å². The Labute approximate surface area is 110 Å². The molecule has 1 heterocycles. The number of aromatic nitrogens is 2. The highest BCUT2D eigenvalue weighted by Crippen LogP contribution is 2.26. The molecule has 0 unspecified atom stereocenters. The fourth-order valence-electron chi connectivity index (χ4n) is 1.54. The standard InChI is InChI=1S/C13H10ClN3O/c1-2-18-12-5-9(3-4-10(12)7-15)11-6-13(14)17-8-16-11/h3-6,8H,2H2,1H3. The van der Waals surface area contributed by atoms with E-state index in [1.54, 1.807) is 24.3 Å². The third-order valence-corrected chi connectivity index (χ3v) is 2.54. The number of nitriles is 1. The molecular formula is C13H10ClN3O. The summed E-state index contributed by atoms with van der Waals surface area (Å²) in [7, 11) is 0. The predicted octanol–water partition coefficient (Wildman–Crippen LogP) is 3.07. The molecule has 0 spiro atoms. The molecule has 0 saturated heterocycles. The van der Waals surface area contributed by atoms with Gasteiger partial charge in [0, 0.05) is 11.6 Å². The fourth-order valence-corrected chi connectivity index (χ4v) is 1.69. The molecule has 0 aliphatic heterocycles. The number of rotatable bonds is 3. The molecule has 18 heavy (non-hydrogen) atoms. The van der Waals surface area contributed by atoms with Crippen molar-refractivity contribution in [3.05, 3.63) is 41.3 Å². The third-order valence-electron chi connectivity index (χ3n) is 2.33. The number of nitrogens with zero attached hydrogens (tertiary/aromatic N) is 3. The lowest BCUT2D eigenvalue weighted by atomic mass is 10.1. The summed E-state index contributed by atoms with van der Waals surface area (Å²) < 4.78 is 5.42. The normalized spacial score (nSPS) is 9.83. The van der Waals surface area contributed by atoms with Crippen LogP contribution in [0.25, 0.3) is 11.3 Å². The quantitative estimate of drug-likeness (QED) is 0.795. The third kappa shape index (κ3) is 2.58. The molecule has 0 amide bonds. The molecule has 1 aromatic heterocycles. The number of hydrogen-bond donors (Lipinski definition) is 0. The highest BCUT2D eigenvalue weighted by atomic mass is 35.5. The van der Waals surface area contributed by atoms with Gasteiger partial charge in [-0.3, -0.25) is 0 Å². The van der Waals surface area contributed by atoms with E-state index in [9.17, 15) is 0 Å². The monoisotopic (exact) mass is 259 g/mol. The van der Waals surface area contributed by atoms with Gasteiger partial charge in [-0.15, -0.1) is 0 Å². The van der Waals surface area contributed by atoms with E-state index < -0.39 is 0 Å². The van der Waals surface area contributed by atoms with Gasteiger partial charge in [-0.25, -0.2) is 9.97 Å². The minimum absolute atomic E-state index is 0.377. The summed E-state index contributed by atoms with van der Waals surface area (Å²) in [6, 6.07) is 9.04. The van der Waals surface area contributed by atoms with Crippen molar-refractivity contribution in [3.8, 4) is 23.1 Å². The molecule has 0 aliphatic carbocycles. The Bertz CT molecular complexity index is 607. The number of ether oxygens (including phenoxy) is 1. The van der Waals surface area contributed by atoms with Crippen LogP contribution in [0.1, 0.15) is 12.5 Å². The number of hydrogen-bond acceptors (Lipinski definition) is 4. The van der Waals surface area contributed by atoms with Crippen molar-refractivity contribution in [1.82, 2.24) is 9.97 Å². The highest BCUT2D eigenvalue weighted by Gasteiger charge is 2.07. The molecule has 0 saturated carbocycles. The summed E-state index contributed by atoms with van der Waals surface area (Å²) in [6.07, 6.45) is 1.40. The number of benzene rings is 1. The fraction of sp³-hybridized carbons (Fsp3) is 0.154. The summed E-state index contributed by atoms with van der Waals surface area (Å²) in [5.41, 5.74) is 2.03. The SMILES string of the molecule is CCOc1cc(-c2cc(Cl)ncn2)ccc1C#N. The second kappa shape index (κ2) is 5.48. The maximum atomic E-state index is 8.97. The lowest BCUT2D eigenvalue weighted by Gasteiger charge is -2.07. The van der Waals surface area contributed by atoms with E-state index >= 15 is 0 Å². The van der Waals surface area contributed by atoms with E-state index in [1.165, 1.54) is 6.33 Å². The van der Waals surface area contributed by atoms with Crippen molar-refractivity contribution in [1.29, 1.82) is 5.26 Å². The van der Waals surface area contributed by atoms with Crippen molar-refractivity contribution in [2.24, 2.45) is 0 Å². The Morgan fingerprint density at radius 2 is 2.17 bits per heavy atom. The van der Waals surface area contributed by atoms with E-state index in [-0.39, 0.29) is 0 Å². The van der Waals surface area contributed by atoms with Crippen molar-refractivity contribution >= 4 is 11.6 Å². The van der Waals surface area contributed by atoms with Gasteiger partial charge < -0.3 is 4.74 Å². The Kier molecular flexibility index (Phi) is 3.75. The minimum Gasteiger partial charge on any atom is -0.492 e. The molecule has 0 aliphatic rings. The molecule has 90 valence electrons. The molecular weight excluding hydrogens is 250 g/mol. The topological polar surface area (TPSA) is 58.8 Å². The van der Waals surface area contributed by atoms with E-state index in [0.29, 0.717) is 28.8 Å². The van der Waals surface area contributed by atoms with Gasteiger partial charge in [0.2, 0.25) is 0 Å². The van der Waals surface area contributed by atoms with Crippen LogP contribution in [0.3, 0.4) is 0 Å². The van der Waals surface area contributed by atoms with Gasteiger partial charge in [-0.05, 0) is 19.1 Å². The summed E-state index contributed by atoms with van der Waals surface area (Å²) in [5.74, 6) is 0.548. The van der Waals surface area contributed by atoms with E-state index in [1.807, 2.05) is 6.92 Å². The lowest BCUT2D eigenvalue weighted by Crippen LogP contribution is -1.95. The minimum atomic E-state index is 0.377. The first-order valence-electron chi connectivity index (χ1n) is 5.39. The van der Waals surface area contributed by atoms with Gasteiger partial charge in [0.25, 0.3) is 0 Å². The molecule has 0 bridgehead atoms. The van der Waals surface area contributed by atoms with E-state index in [4.69, 9.17) is 21.6 Å². The Morgan fingerprint density at radius 1 is 1.33 bits per heavy atom. The zero-order valence-corrected chi connectivity index (χ0v) is 10.5. The summed E-state index contributed by atoms with van der Waals surface area (Å²) in [5, 5.41) is 9.35. The largest absolute Gasteiger partial charge is 0.492 e. The van der Waals surface area contributed by atoms with Crippen molar-refractivity contribution in [2.75, 3.05) is 6.61 Å². The molecule has 5 heteroatoms. The Balaban J connectivity index is 2.47. The predicted molar refractivity (Wildman–Crippen MR) is 68.4 cm³/mol. The van der Waals surface area contributed by atoms with Crippen LogP contribution in [-0.4, -0.2) is 16.6 Å². The average Bonchev–Trinajstić information content (AvgIpc) is 2.39. The van der Waals surface area contributed by atoms with Crippen molar-refractivity contribution < 1.29 is 4.74 Å². The van der Waals surface area contributed by atoms with Crippen LogP contribution in [0.4, 0.5) is 0 Å². The zero-order valence-electron chi connectivity index (χ0n) is 9.72. The zero-order chi connectivity index (χ0) is 13.0. The van der Waals surface area contributed by atoms with Crippen LogP contribution in [-0.2, 0) is 0 Å². The average molecular weight is 260 g/mol. The first kappa shape index (κ1) is 12.3. The van der Waals surface area contributed by atoms with Gasteiger partial charge in [0.15, 0.2) is 0 Å². The van der Waals surface area contributed by atoms with Crippen LogP contribution in [0, 0.1) is 11.3 Å². The Hall–Kier alpha value is -2.12. The molecule has 4 nitrogen and oxygen atoms in total. The van der Waals surface area contributed by atoms with Crippen molar-refractivity contribution in [2.45, 2.75) is 6.92 Å². The summed E-state index contributed by atoms with van der Waals surface area (Å²) in [6.45, 7) is 2.37. The van der Waals surface area contributed by atoms with Crippen LogP contribution in [0.5, 0.6) is 5.75 Å². The van der Waals surface area contributed by atoms with Gasteiger partial charge >= 0.3 is 0 Å². The molecule has 0 N–H and O–H groups in total. The molecule has 2 rings (SSSR count). The molecule has 0 fully saturated rings. The van der Waals surface area contributed by atoms with Gasteiger partial charge in [0.1, 0.15) is 23.3 Å². The van der Waals surface area contributed by atoms with Crippen LogP contribution >= 0.6 is 11.6 Å². The summed E-state index contributed by atoms with van der Waals surface area (Å²) in [4.78, 5) is 7.96. The second-order valence-corrected chi connectivity index (χ2v) is 3.87. The van der Waals surface area contributed by atoms with Gasteiger partial charge in [-0.1, -0.05) is 17.7 Å². The number of halogens is 1. The van der Waals surface area contributed by atoms with E-state index in [2.05, 4.69) is 16.0 Å². The maximum Gasteiger partial charge on any atom is 0.137 e. The first-order valence-corrected chi connectivity index (χ1v) is 5.77. The van der Waals surface area contributed by atoms with Gasteiger partial charge in [-0.2, -0.15) is 5.26 Å². The van der Waals surface area contributed by atoms with Crippen molar-refractivity contribution in [3.63, 3.8) is 0 Å². The smallest absolute Gasteiger partial charge is 0.137 e. The Morgan fingerprint density at radius 3 is 2.83 bits per heavy atom. The lowest BCUT2D eigenvalue weighted by molar-refractivity contribution is 0.339. The molecule has 0 atom stereocenters. The summed E-state index contributed by atoms with van der Waals surface area (Å²) >= 11 is 5.82. The van der Waals surface area contributed by atoms with E-state index in [0.717, 1.165) is 5.56 Å². The second-order valence-electron chi connectivity index (χ2n) is 3.48. The molecule has 2 aromatic rings.